The highest BCUT2D eigenvalue weighted by molar-refractivity contribution is 8.15. The Kier molecular flexibility index (Phi) is 7.04. The number of hydrogen-bond donors (Lipinski definition) is 1. The van der Waals surface area contributed by atoms with E-state index in [0.717, 1.165) is 64.4 Å². The summed E-state index contributed by atoms with van der Waals surface area (Å²) in [5.74, 6) is -0.401. The van der Waals surface area contributed by atoms with Gasteiger partial charge in [-0.1, -0.05) is 17.8 Å². The summed E-state index contributed by atoms with van der Waals surface area (Å²) in [6.45, 7) is 5.42. The van der Waals surface area contributed by atoms with E-state index in [1.807, 2.05) is 36.9 Å². The molecule has 31 heavy (non-hydrogen) atoms. The number of amides is 1. The number of aryl methyl sites for hydroxylation is 2. The van der Waals surface area contributed by atoms with Gasteiger partial charge in [-0.3, -0.25) is 18.7 Å². The standard InChI is InChI=1S/C22H28N4O4S/c1-14-8-9-16(12-15(14)2)23-19(31-13-17(27)26-10-6-5-7-11-26)18-20(28)24(3)22(30)25(4)21(18)29/h8-9,12,28H,5-7,10-11,13H2,1-4H3. The van der Waals surface area contributed by atoms with Crippen LogP contribution in [0.4, 0.5) is 5.69 Å². The highest BCUT2D eigenvalue weighted by Crippen LogP contribution is 2.25. The first-order chi connectivity index (χ1) is 14.7. The highest BCUT2D eigenvalue weighted by atomic mass is 32.2. The number of aromatic nitrogens is 2. The number of carbonyl (C=O) groups is 1. The van der Waals surface area contributed by atoms with E-state index in [1.54, 1.807) is 0 Å². The molecule has 1 aliphatic rings. The van der Waals surface area contributed by atoms with Gasteiger partial charge in [0.15, 0.2) is 0 Å². The van der Waals surface area contributed by atoms with Crippen LogP contribution in [0.3, 0.4) is 0 Å². The number of aromatic hydroxyl groups is 1. The lowest BCUT2D eigenvalue weighted by Gasteiger charge is -2.26. The fourth-order valence-electron chi connectivity index (χ4n) is 3.46. The molecule has 9 heteroatoms. The van der Waals surface area contributed by atoms with Gasteiger partial charge in [0.1, 0.15) is 10.6 Å². The normalized spacial score (nSPS) is 14.7. The van der Waals surface area contributed by atoms with Gasteiger partial charge >= 0.3 is 5.69 Å². The number of benzene rings is 1. The summed E-state index contributed by atoms with van der Waals surface area (Å²) in [5.41, 5.74) is 1.37. The quantitative estimate of drug-likeness (QED) is 0.576. The molecule has 1 saturated heterocycles. The topological polar surface area (TPSA) is 96.9 Å². The summed E-state index contributed by atoms with van der Waals surface area (Å²) in [5, 5.41) is 10.8. The van der Waals surface area contributed by atoms with Crippen molar-refractivity contribution in [3.63, 3.8) is 0 Å². The van der Waals surface area contributed by atoms with Crippen molar-refractivity contribution in [3.8, 4) is 5.88 Å². The molecule has 0 spiro atoms. The SMILES string of the molecule is Cc1ccc(N=C(SCC(=O)N2CCCCC2)c2c(O)n(C)c(=O)n(C)c2=O)cc1C. The molecule has 0 radical (unpaired) electrons. The van der Waals surface area contributed by atoms with Crippen LogP contribution in [0.2, 0.25) is 0 Å². The van der Waals surface area contributed by atoms with Crippen molar-refractivity contribution in [2.75, 3.05) is 18.8 Å². The van der Waals surface area contributed by atoms with Crippen LogP contribution in [-0.2, 0) is 18.9 Å². The number of rotatable bonds is 4. The van der Waals surface area contributed by atoms with Crippen molar-refractivity contribution in [1.29, 1.82) is 0 Å². The van der Waals surface area contributed by atoms with E-state index in [1.165, 1.54) is 14.1 Å². The number of piperidine rings is 1. The van der Waals surface area contributed by atoms with Gasteiger partial charge in [0, 0.05) is 27.2 Å². The number of carbonyl (C=O) groups excluding carboxylic acids is 1. The van der Waals surface area contributed by atoms with E-state index in [2.05, 4.69) is 4.99 Å². The highest BCUT2D eigenvalue weighted by Gasteiger charge is 2.23. The Balaban J connectivity index is 2.04. The zero-order chi connectivity index (χ0) is 22.7. The van der Waals surface area contributed by atoms with Gasteiger partial charge in [-0.15, -0.1) is 0 Å². The molecule has 0 aliphatic carbocycles. The molecule has 3 rings (SSSR count). The minimum Gasteiger partial charge on any atom is -0.494 e. The molecule has 1 aromatic heterocycles. The van der Waals surface area contributed by atoms with Gasteiger partial charge in [0.2, 0.25) is 11.8 Å². The minimum atomic E-state index is -0.652. The van der Waals surface area contributed by atoms with Gasteiger partial charge in [-0.2, -0.15) is 0 Å². The van der Waals surface area contributed by atoms with Crippen molar-refractivity contribution in [2.24, 2.45) is 19.1 Å². The molecule has 1 fully saturated rings. The van der Waals surface area contributed by atoms with Gasteiger partial charge in [-0.05, 0) is 56.4 Å². The lowest BCUT2D eigenvalue weighted by atomic mass is 10.1. The van der Waals surface area contributed by atoms with E-state index in [4.69, 9.17) is 0 Å². The Hall–Kier alpha value is -2.81. The summed E-state index contributed by atoms with van der Waals surface area (Å²) < 4.78 is 1.93. The van der Waals surface area contributed by atoms with E-state index in [9.17, 15) is 19.5 Å². The molecule has 0 atom stereocenters. The molecular formula is C22H28N4O4S. The third-order valence-electron chi connectivity index (χ3n) is 5.61. The maximum Gasteiger partial charge on any atom is 0.333 e. The van der Waals surface area contributed by atoms with Crippen molar-refractivity contribution in [3.05, 3.63) is 55.7 Å². The summed E-state index contributed by atoms with van der Waals surface area (Å²) in [4.78, 5) is 44.1. The summed E-state index contributed by atoms with van der Waals surface area (Å²) >= 11 is 1.10. The lowest BCUT2D eigenvalue weighted by molar-refractivity contribution is -0.129. The molecule has 2 heterocycles. The van der Waals surface area contributed by atoms with Gasteiger partial charge in [0.25, 0.3) is 5.56 Å². The lowest BCUT2D eigenvalue weighted by Crippen LogP contribution is -2.40. The van der Waals surface area contributed by atoms with Crippen molar-refractivity contribution < 1.29 is 9.90 Å². The van der Waals surface area contributed by atoms with E-state index in [0.29, 0.717) is 5.69 Å². The Morgan fingerprint density at radius 3 is 2.39 bits per heavy atom. The minimum absolute atomic E-state index is 0.0291. The average Bonchev–Trinajstić information content (AvgIpc) is 2.77. The van der Waals surface area contributed by atoms with Crippen LogP contribution in [0, 0.1) is 13.8 Å². The van der Waals surface area contributed by atoms with Crippen LogP contribution < -0.4 is 11.2 Å². The van der Waals surface area contributed by atoms with Gasteiger partial charge in [-0.25, -0.2) is 9.79 Å². The van der Waals surface area contributed by atoms with Crippen LogP contribution in [-0.4, -0.2) is 48.9 Å². The van der Waals surface area contributed by atoms with E-state index >= 15 is 0 Å². The largest absolute Gasteiger partial charge is 0.494 e. The molecular weight excluding hydrogens is 416 g/mol. The van der Waals surface area contributed by atoms with Crippen molar-refractivity contribution >= 4 is 28.4 Å². The maximum absolute atomic E-state index is 12.9. The number of thioether (sulfide) groups is 1. The molecule has 1 N–H and O–H groups in total. The average molecular weight is 445 g/mol. The molecule has 1 amide bonds. The second-order valence-electron chi connectivity index (χ2n) is 7.82. The molecule has 2 aromatic rings. The smallest absolute Gasteiger partial charge is 0.333 e. The second-order valence-corrected chi connectivity index (χ2v) is 8.78. The Morgan fingerprint density at radius 2 is 1.74 bits per heavy atom. The predicted molar refractivity (Wildman–Crippen MR) is 124 cm³/mol. The summed E-state index contributed by atoms with van der Waals surface area (Å²) in [6, 6.07) is 5.62. The van der Waals surface area contributed by atoms with Crippen LogP contribution in [0.5, 0.6) is 5.88 Å². The van der Waals surface area contributed by atoms with E-state index < -0.39 is 17.1 Å². The first-order valence-electron chi connectivity index (χ1n) is 10.3. The predicted octanol–water partition coefficient (Wildman–Crippen LogP) is 2.23. The monoisotopic (exact) mass is 444 g/mol. The van der Waals surface area contributed by atoms with Crippen LogP contribution in [0.25, 0.3) is 0 Å². The van der Waals surface area contributed by atoms with E-state index in [-0.39, 0.29) is 22.3 Å². The fourth-order valence-corrected chi connectivity index (χ4v) is 4.39. The summed E-state index contributed by atoms with van der Waals surface area (Å²) in [6.07, 6.45) is 3.10. The number of aliphatic imine (C=N–C) groups is 1. The number of nitrogens with zero attached hydrogens (tertiary/aromatic N) is 4. The van der Waals surface area contributed by atoms with Crippen LogP contribution in [0.15, 0.2) is 32.8 Å². The third-order valence-corrected chi connectivity index (χ3v) is 6.57. The first-order valence-corrected chi connectivity index (χ1v) is 11.2. The molecule has 0 bridgehead atoms. The molecule has 1 aromatic carbocycles. The fraction of sp³-hybridized carbons (Fsp3) is 0.455. The first kappa shape index (κ1) is 22.9. The summed E-state index contributed by atoms with van der Waals surface area (Å²) in [7, 11) is 2.74. The van der Waals surface area contributed by atoms with Gasteiger partial charge in [0.05, 0.1) is 11.4 Å². The molecule has 8 nitrogen and oxygen atoms in total. The molecule has 0 saturated carbocycles. The maximum atomic E-state index is 12.9. The third kappa shape index (κ3) is 4.92. The second kappa shape index (κ2) is 9.55. The molecule has 166 valence electrons. The zero-order valence-electron chi connectivity index (χ0n) is 18.3. The Bertz CT molecular complexity index is 1140. The zero-order valence-corrected chi connectivity index (χ0v) is 19.2. The van der Waals surface area contributed by atoms with Crippen molar-refractivity contribution in [2.45, 2.75) is 33.1 Å². The van der Waals surface area contributed by atoms with Gasteiger partial charge < -0.3 is 10.0 Å². The Morgan fingerprint density at radius 1 is 1.06 bits per heavy atom. The van der Waals surface area contributed by atoms with Crippen LogP contribution in [0.1, 0.15) is 36.0 Å². The molecule has 0 unspecified atom stereocenters. The van der Waals surface area contributed by atoms with Crippen LogP contribution >= 0.6 is 11.8 Å². The number of hydrogen-bond acceptors (Lipinski definition) is 6. The molecule has 1 aliphatic heterocycles. The number of likely N-dealkylation sites (tertiary alicyclic amines) is 1. The Labute approximate surface area is 185 Å². The van der Waals surface area contributed by atoms with Crippen molar-refractivity contribution in [1.82, 2.24) is 14.0 Å².